The first-order valence-electron chi connectivity index (χ1n) is 16.6. The van der Waals surface area contributed by atoms with Gasteiger partial charge in [-0.1, -0.05) is 46.5 Å². The Labute approximate surface area is 274 Å². The zero-order chi connectivity index (χ0) is 33.8. The lowest BCUT2D eigenvalue weighted by atomic mass is 9.98. The molecule has 0 aromatic carbocycles. The number of nitrogens with zero attached hydrogens (tertiary/aromatic N) is 2. The number of amides is 1. The molecule has 2 N–H and O–H groups in total. The van der Waals surface area contributed by atoms with Crippen molar-refractivity contribution in [3.63, 3.8) is 0 Å². The van der Waals surface area contributed by atoms with Crippen molar-refractivity contribution in [2.75, 3.05) is 25.6 Å². The van der Waals surface area contributed by atoms with Gasteiger partial charge in [0.25, 0.3) is 5.91 Å². The predicted octanol–water partition coefficient (Wildman–Crippen LogP) is 9.13. The standard InChI is InChI=1S/C31H47N3O3S.C2H4F2O.C2H6/c1-5-10-22(3)19-24-13-14-25(20-24)32-30(37)27-15-16-28(33-31(27)38-26-11-8-7-9-12-26)34(4)18-17-23(6-2)21-29(35)36;1-5-2(3)4;1-2/h5,15-16,23-26H,6-9,11-14,17-21H2,1-4H3,(H,32,37)(H,35,36);2H,1H3;1-2H3. The minimum absolute atomic E-state index is 0.0103. The van der Waals surface area contributed by atoms with Gasteiger partial charge in [0.05, 0.1) is 5.56 Å². The third-order valence-electron chi connectivity index (χ3n) is 8.27. The van der Waals surface area contributed by atoms with E-state index in [9.17, 15) is 23.5 Å². The lowest BCUT2D eigenvalue weighted by Crippen LogP contribution is -2.33. The number of ether oxygens (including phenoxy) is 1. The number of methoxy groups -OCH3 is 1. The molecule has 2 aliphatic rings. The van der Waals surface area contributed by atoms with Gasteiger partial charge in [-0.2, -0.15) is 8.78 Å². The number of aliphatic carboxylic acids is 1. The molecule has 1 heterocycles. The average molecular weight is 654 g/mol. The number of halogens is 2. The van der Waals surface area contributed by atoms with Gasteiger partial charge >= 0.3 is 12.6 Å². The number of alkyl halides is 2. The van der Waals surface area contributed by atoms with E-state index in [2.05, 4.69) is 27.6 Å². The largest absolute Gasteiger partial charge is 0.481 e. The molecule has 7 nitrogen and oxygen atoms in total. The molecule has 1 aromatic heterocycles. The van der Waals surface area contributed by atoms with Crippen molar-refractivity contribution in [2.45, 2.75) is 135 Å². The maximum atomic E-state index is 13.5. The van der Waals surface area contributed by atoms with Gasteiger partial charge in [-0.25, -0.2) is 4.98 Å². The van der Waals surface area contributed by atoms with Gasteiger partial charge in [-0.3, -0.25) is 9.59 Å². The lowest BCUT2D eigenvalue weighted by molar-refractivity contribution is -0.138. The maximum absolute atomic E-state index is 13.5. The molecule has 3 unspecified atom stereocenters. The van der Waals surface area contributed by atoms with Crippen molar-refractivity contribution in [1.29, 1.82) is 0 Å². The third kappa shape index (κ3) is 16.1. The number of hydrogen-bond acceptors (Lipinski definition) is 6. The SMILES string of the molecule is CC.CC=C=C(C)CC1CCC(NC(=O)c2ccc(N(C)CCC(CC)CC(=O)O)nc2SC2CCCCC2)C1.COC(F)F. The number of carboxylic acids is 1. The van der Waals surface area contributed by atoms with Crippen LogP contribution in [0.2, 0.25) is 0 Å². The first-order chi connectivity index (χ1) is 21.6. The van der Waals surface area contributed by atoms with Crippen molar-refractivity contribution in [1.82, 2.24) is 10.3 Å². The Kier molecular flexibility index (Phi) is 20.7. The first-order valence-corrected chi connectivity index (χ1v) is 17.5. The molecule has 3 atom stereocenters. The molecule has 0 bridgehead atoms. The average Bonchev–Trinajstić information content (AvgIpc) is 3.46. The minimum atomic E-state index is -2.62. The van der Waals surface area contributed by atoms with E-state index in [1.165, 1.54) is 37.7 Å². The van der Waals surface area contributed by atoms with Crippen LogP contribution >= 0.6 is 11.8 Å². The van der Waals surface area contributed by atoms with Crippen molar-refractivity contribution in [2.24, 2.45) is 11.8 Å². The highest BCUT2D eigenvalue weighted by Gasteiger charge is 2.28. The topological polar surface area (TPSA) is 91.8 Å². The highest BCUT2D eigenvalue weighted by atomic mass is 32.2. The van der Waals surface area contributed by atoms with E-state index >= 15 is 0 Å². The Morgan fingerprint density at radius 1 is 1.20 bits per heavy atom. The summed E-state index contributed by atoms with van der Waals surface area (Å²) in [7, 11) is 2.96. The van der Waals surface area contributed by atoms with Crippen LogP contribution in [0.1, 0.15) is 122 Å². The van der Waals surface area contributed by atoms with Gasteiger partial charge in [0.2, 0.25) is 0 Å². The van der Waals surface area contributed by atoms with Gasteiger partial charge in [-0.15, -0.1) is 17.5 Å². The quantitative estimate of drug-likeness (QED) is 0.194. The van der Waals surface area contributed by atoms with Crippen molar-refractivity contribution in [3.05, 3.63) is 35.1 Å². The van der Waals surface area contributed by atoms with Crippen LogP contribution in [-0.2, 0) is 9.53 Å². The first kappa shape index (κ1) is 40.6. The highest BCUT2D eigenvalue weighted by Crippen LogP contribution is 2.36. The molecule has 256 valence electrons. The van der Waals surface area contributed by atoms with Crippen LogP contribution in [-0.4, -0.2) is 60.6 Å². The number of pyridine rings is 1. The number of rotatable bonds is 14. The van der Waals surface area contributed by atoms with Gasteiger partial charge < -0.3 is 20.1 Å². The Morgan fingerprint density at radius 2 is 1.87 bits per heavy atom. The van der Waals surface area contributed by atoms with Gasteiger partial charge in [0.1, 0.15) is 10.8 Å². The monoisotopic (exact) mass is 653 g/mol. The van der Waals surface area contributed by atoms with Crippen LogP contribution in [0.5, 0.6) is 0 Å². The summed E-state index contributed by atoms with van der Waals surface area (Å²) in [5.74, 6) is 0.855. The summed E-state index contributed by atoms with van der Waals surface area (Å²) in [6, 6.07) is 4.10. The van der Waals surface area contributed by atoms with E-state index in [1.54, 1.807) is 11.8 Å². The maximum Gasteiger partial charge on any atom is 0.345 e. The van der Waals surface area contributed by atoms with Gasteiger partial charge in [0.15, 0.2) is 0 Å². The molecule has 3 rings (SSSR count). The van der Waals surface area contributed by atoms with Crippen molar-refractivity contribution >= 4 is 29.5 Å². The molecule has 0 radical (unpaired) electrons. The Bertz CT molecular complexity index is 1070. The second kappa shape index (κ2) is 23.0. The molecular formula is C35H57F2N3O4S. The Balaban J connectivity index is 0.00000131. The number of carboxylic acid groups (broad SMARTS) is 1. The van der Waals surface area contributed by atoms with E-state index < -0.39 is 12.6 Å². The Morgan fingerprint density at radius 3 is 2.44 bits per heavy atom. The molecular weight excluding hydrogens is 596 g/mol. The molecule has 0 aliphatic heterocycles. The normalized spacial score (nSPS) is 18.4. The zero-order valence-corrected chi connectivity index (χ0v) is 29.4. The van der Waals surface area contributed by atoms with E-state index in [1.807, 2.05) is 53.0 Å². The molecule has 1 amide bonds. The van der Waals surface area contributed by atoms with Crippen molar-refractivity contribution < 1.29 is 28.2 Å². The van der Waals surface area contributed by atoms with E-state index in [0.717, 1.165) is 63.0 Å². The third-order valence-corrected chi connectivity index (χ3v) is 9.60. The van der Waals surface area contributed by atoms with E-state index in [0.29, 0.717) is 16.7 Å². The summed E-state index contributed by atoms with van der Waals surface area (Å²) in [4.78, 5) is 31.7. The fraction of sp³-hybridized carbons (Fsp3) is 0.714. The van der Waals surface area contributed by atoms with Crippen LogP contribution in [0, 0.1) is 11.8 Å². The summed E-state index contributed by atoms with van der Waals surface area (Å²) < 4.78 is 24.5. The molecule has 10 heteroatoms. The second-order valence-electron chi connectivity index (χ2n) is 11.7. The number of aromatic nitrogens is 1. The number of carbonyl (C=O) groups excluding carboxylic acids is 1. The molecule has 2 fully saturated rings. The fourth-order valence-corrected chi connectivity index (χ4v) is 7.15. The number of thioether (sulfide) groups is 1. The van der Waals surface area contributed by atoms with Crippen LogP contribution in [0.3, 0.4) is 0 Å². The summed E-state index contributed by atoms with van der Waals surface area (Å²) in [6.45, 7) is 8.31. The number of allylic oxidation sites excluding steroid dienone is 1. The molecule has 2 saturated carbocycles. The van der Waals surface area contributed by atoms with Crippen molar-refractivity contribution in [3.8, 4) is 0 Å². The summed E-state index contributed by atoms with van der Waals surface area (Å²) in [5.41, 5.74) is 5.27. The number of anilines is 1. The second-order valence-corrected chi connectivity index (χ2v) is 13.0. The van der Waals surface area contributed by atoms with Crippen LogP contribution in [0.25, 0.3) is 0 Å². The lowest BCUT2D eigenvalue weighted by Gasteiger charge is -2.25. The highest BCUT2D eigenvalue weighted by molar-refractivity contribution is 7.99. The van der Waals surface area contributed by atoms with Gasteiger partial charge in [0, 0.05) is 38.4 Å². The molecule has 0 saturated heterocycles. The number of carbonyl (C=O) groups is 2. The Hall–Kier alpha value is -2.42. The van der Waals surface area contributed by atoms with Gasteiger partial charge in [-0.05, 0) is 94.4 Å². The number of nitrogens with one attached hydrogen (secondary N) is 1. The minimum Gasteiger partial charge on any atom is -0.481 e. The molecule has 1 aromatic rings. The van der Waals surface area contributed by atoms with Crippen LogP contribution in [0.4, 0.5) is 14.6 Å². The molecule has 45 heavy (non-hydrogen) atoms. The van der Waals surface area contributed by atoms with Crippen LogP contribution < -0.4 is 10.2 Å². The number of hydrogen-bond donors (Lipinski definition) is 2. The van der Waals surface area contributed by atoms with E-state index in [-0.39, 0.29) is 24.3 Å². The van der Waals surface area contributed by atoms with E-state index in [4.69, 9.17) is 4.98 Å². The molecule has 2 aliphatic carbocycles. The molecule has 0 spiro atoms. The fourth-order valence-electron chi connectivity index (χ4n) is 5.83. The predicted molar refractivity (Wildman–Crippen MR) is 181 cm³/mol. The zero-order valence-electron chi connectivity index (χ0n) is 28.5. The smallest absolute Gasteiger partial charge is 0.345 e. The van der Waals surface area contributed by atoms with Crippen LogP contribution in [0.15, 0.2) is 34.5 Å². The summed E-state index contributed by atoms with van der Waals surface area (Å²) >= 11 is 1.77. The summed E-state index contributed by atoms with van der Waals surface area (Å²) in [6.07, 6.45) is 14.2. The summed E-state index contributed by atoms with van der Waals surface area (Å²) in [5, 5.41) is 13.8.